The summed E-state index contributed by atoms with van der Waals surface area (Å²) in [6.07, 6.45) is 1.75. The Hall–Kier alpha value is -2.10. The van der Waals surface area contributed by atoms with Crippen molar-refractivity contribution in [1.82, 2.24) is 10.3 Å². The van der Waals surface area contributed by atoms with E-state index in [1.807, 2.05) is 30.3 Å². The van der Waals surface area contributed by atoms with Gasteiger partial charge in [0.1, 0.15) is 5.75 Å². The van der Waals surface area contributed by atoms with Crippen LogP contribution in [-0.4, -0.2) is 24.0 Å². The Morgan fingerprint density at radius 2 is 2.21 bits per heavy atom. The maximum absolute atomic E-state index is 11.5. The average Bonchev–Trinajstić information content (AvgIpc) is 2.42. The number of nitrogens with zero attached hydrogens (tertiary/aromatic N) is 1. The fourth-order valence-electron chi connectivity index (χ4n) is 1.66. The third-order valence-corrected chi connectivity index (χ3v) is 2.65. The maximum atomic E-state index is 11.5. The van der Waals surface area contributed by atoms with Crippen molar-refractivity contribution in [2.75, 3.05) is 13.2 Å². The van der Waals surface area contributed by atoms with Crippen LogP contribution in [0.4, 0.5) is 0 Å². The van der Waals surface area contributed by atoms with E-state index in [1.165, 1.54) is 0 Å². The molecule has 0 spiro atoms. The van der Waals surface area contributed by atoms with Crippen molar-refractivity contribution >= 4 is 16.8 Å². The van der Waals surface area contributed by atoms with Crippen LogP contribution in [0.5, 0.6) is 5.75 Å². The van der Waals surface area contributed by atoms with E-state index in [-0.39, 0.29) is 12.5 Å². The maximum Gasteiger partial charge on any atom is 0.257 e. The highest BCUT2D eigenvalue weighted by molar-refractivity contribution is 5.80. The van der Waals surface area contributed by atoms with E-state index in [0.717, 1.165) is 10.9 Å². The number of nitrogens with one attached hydrogen (secondary N) is 1. The Morgan fingerprint density at radius 1 is 1.37 bits per heavy atom. The molecule has 0 atom stereocenters. The molecule has 0 aliphatic heterocycles. The van der Waals surface area contributed by atoms with Crippen molar-refractivity contribution in [3.05, 3.63) is 36.5 Å². The van der Waals surface area contributed by atoms with Gasteiger partial charge in [0.05, 0.1) is 5.52 Å². The molecule has 1 N–H and O–H groups in total. The van der Waals surface area contributed by atoms with E-state index < -0.39 is 0 Å². The van der Waals surface area contributed by atoms with Gasteiger partial charge in [-0.15, -0.1) is 0 Å². The van der Waals surface area contributed by atoms with Gasteiger partial charge in [-0.05, 0) is 30.2 Å². The van der Waals surface area contributed by atoms with Crippen molar-refractivity contribution < 1.29 is 9.53 Å². The molecule has 0 fully saturated rings. The van der Waals surface area contributed by atoms with Gasteiger partial charge in [-0.3, -0.25) is 9.78 Å². The van der Waals surface area contributed by atoms with Crippen LogP contribution in [0.1, 0.15) is 13.8 Å². The molecule has 0 aliphatic carbocycles. The van der Waals surface area contributed by atoms with E-state index in [1.54, 1.807) is 6.20 Å². The summed E-state index contributed by atoms with van der Waals surface area (Å²) >= 11 is 0. The molecule has 1 aromatic carbocycles. The van der Waals surface area contributed by atoms with Gasteiger partial charge in [-0.1, -0.05) is 19.9 Å². The smallest absolute Gasteiger partial charge is 0.257 e. The first-order valence-corrected chi connectivity index (χ1v) is 6.39. The Morgan fingerprint density at radius 3 is 3.00 bits per heavy atom. The van der Waals surface area contributed by atoms with Crippen molar-refractivity contribution in [3.63, 3.8) is 0 Å². The quantitative estimate of drug-likeness (QED) is 0.895. The van der Waals surface area contributed by atoms with Crippen LogP contribution < -0.4 is 10.1 Å². The zero-order valence-corrected chi connectivity index (χ0v) is 11.2. The normalized spacial score (nSPS) is 10.7. The highest BCUT2D eigenvalue weighted by Crippen LogP contribution is 2.18. The van der Waals surface area contributed by atoms with E-state index in [9.17, 15) is 4.79 Å². The molecule has 100 valence electrons. The number of fused-ring (bicyclic) bond motifs is 1. The number of rotatable bonds is 5. The number of pyridine rings is 1. The number of carbonyl (C=O) groups excluding carboxylic acids is 1. The van der Waals surface area contributed by atoms with E-state index in [0.29, 0.717) is 18.2 Å². The zero-order chi connectivity index (χ0) is 13.7. The van der Waals surface area contributed by atoms with Gasteiger partial charge in [-0.2, -0.15) is 0 Å². The summed E-state index contributed by atoms with van der Waals surface area (Å²) in [5.74, 6) is 1.02. The van der Waals surface area contributed by atoms with Crippen LogP contribution in [0, 0.1) is 5.92 Å². The van der Waals surface area contributed by atoms with Gasteiger partial charge in [0.2, 0.25) is 0 Å². The lowest BCUT2D eigenvalue weighted by molar-refractivity contribution is -0.123. The first-order valence-electron chi connectivity index (χ1n) is 6.39. The van der Waals surface area contributed by atoms with Crippen molar-refractivity contribution in [2.24, 2.45) is 5.92 Å². The van der Waals surface area contributed by atoms with E-state index in [4.69, 9.17) is 4.74 Å². The molecule has 1 heterocycles. The minimum absolute atomic E-state index is 0.0402. The fourth-order valence-corrected chi connectivity index (χ4v) is 1.66. The minimum atomic E-state index is -0.0972. The predicted octanol–water partition coefficient (Wildman–Crippen LogP) is 2.39. The molecule has 0 aliphatic rings. The van der Waals surface area contributed by atoms with Crippen molar-refractivity contribution in [3.8, 4) is 5.75 Å². The molecule has 2 rings (SSSR count). The lowest BCUT2D eigenvalue weighted by Gasteiger charge is -2.09. The van der Waals surface area contributed by atoms with Gasteiger partial charge in [-0.25, -0.2) is 0 Å². The molecule has 4 heteroatoms. The van der Waals surface area contributed by atoms with Crippen LogP contribution in [0.15, 0.2) is 36.5 Å². The Balaban J connectivity index is 1.92. The summed E-state index contributed by atoms with van der Waals surface area (Å²) in [6.45, 7) is 4.82. The third-order valence-electron chi connectivity index (χ3n) is 2.65. The molecule has 0 saturated heterocycles. The molecule has 0 unspecified atom stereocenters. The Labute approximate surface area is 112 Å². The van der Waals surface area contributed by atoms with E-state index in [2.05, 4.69) is 24.1 Å². The first-order chi connectivity index (χ1) is 9.15. The third kappa shape index (κ3) is 3.95. The summed E-state index contributed by atoms with van der Waals surface area (Å²) in [7, 11) is 0. The lowest BCUT2D eigenvalue weighted by Crippen LogP contribution is -2.31. The summed E-state index contributed by atoms with van der Waals surface area (Å²) in [4.78, 5) is 15.8. The van der Waals surface area contributed by atoms with Gasteiger partial charge in [0.15, 0.2) is 6.61 Å². The second-order valence-electron chi connectivity index (χ2n) is 4.84. The number of hydrogen-bond acceptors (Lipinski definition) is 3. The van der Waals surface area contributed by atoms with Gasteiger partial charge >= 0.3 is 0 Å². The second kappa shape index (κ2) is 6.18. The van der Waals surface area contributed by atoms with E-state index >= 15 is 0 Å². The summed E-state index contributed by atoms with van der Waals surface area (Å²) < 4.78 is 5.47. The summed E-state index contributed by atoms with van der Waals surface area (Å²) in [5, 5.41) is 3.82. The standard InChI is InChI=1S/C15H18N2O2/c1-11(2)9-17-15(18)10-19-13-5-6-14-12(8-13)4-3-7-16-14/h3-8,11H,9-10H2,1-2H3,(H,17,18). The number of hydrogen-bond donors (Lipinski definition) is 1. The number of carbonyl (C=O) groups is 1. The minimum Gasteiger partial charge on any atom is -0.484 e. The average molecular weight is 258 g/mol. The highest BCUT2D eigenvalue weighted by atomic mass is 16.5. The number of aromatic nitrogens is 1. The van der Waals surface area contributed by atoms with Crippen LogP contribution in [-0.2, 0) is 4.79 Å². The molecular formula is C15H18N2O2. The number of ether oxygens (including phenoxy) is 1. The molecule has 1 amide bonds. The van der Waals surface area contributed by atoms with Crippen LogP contribution in [0.25, 0.3) is 10.9 Å². The fraction of sp³-hybridized carbons (Fsp3) is 0.333. The first kappa shape index (κ1) is 13.3. The number of benzene rings is 1. The number of amides is 1. The zero-order valence-electron chi connectivity index (χ0n) is 11.2. The lowest BCUT2D eigenvalue weighted by atomic mass is 10.2. The molecule has 1 aromatic heterocycles. The predicted molar refractivity (Wildman–Crippen MR) is 75.1 cm³/mol. The molecular weight excluding hydrogens is 240 g/mol. The van der Waals surface area contributed by atoms with Gasteiger partial charge in [0.25, 0.3) is 5.91 Å². The summed E-state index contributed by atoms with van der Waals surface area (Å²) in [5.41, 5.74) is 0.916. The summed E-state index contributed by atoms with van der Waals surface area (Å²) in [6, 6.07) is 9.44. The van der Waals surface area contributed by atoms with Gasteiger partial charge in [0, 0.05) is 18.1 Å². The van der Waals surface area contributed by atoms with Gasteiger partial charge < -0.3 is 10.1 Å². The Kier molecular flexibility index (Phi) is 4.34. The Bertz CT molecular complexity index is 567. The highest BCUT2D eigenvalue weighted by Gasteiger charge is 2.04. The largest absolute Gasteiger partial charge is 0.484 e. The van der Waals surface area contributed by atoms with Crippen molar-refractivity contribution in [1.29, 1.82) is 0 Å². The van der Waals surface area contributed by atoms with Crippen LogP contribution in [0.2, 0.25) is 0 Å². The van der Waals surface area contributed by atoms with Crippen molar-refractivity contribution in [2.45, 2.75) is 13.8 Å². The molecule has 19 heavy (non-hydrogen) atoms. The molecule has 0 saturated carbocycles. The topological polar surface area (TPSA) is 51.2 Å². The second-order valence-corrected chi connectivity index (χ2v) is 4.84. The van der Waals surface area contributed by atoms with Crippen LogP contribution >= 0.6 is 0 Å². The monoisotopic (exact) mass is 258 g/mol. The van der Waals surface area contributed by atoms with Crippen LogP contribution in [0.3, 0.4) is 0 Å². The molecule has 4 nitrogen and oxygen atoms in total. The molecule has 2 aromatic rings. The molecule has 0 radical (unpaired) electrons. The SMILES string of the molecule is CC(C)CNC(=O)COc1ccc2ncccc2c1. The molecule has 0 bridgehead atoms.